The van der Waals surface area contributed by atoms with Crippen molar-refractivity contribution in [2.24, 2.45) is 0 Å². The van der Waals surface area contributed by atoms with Crippen molar-refractivity contribution in [3.63, 3.8) is 0 Å². The largest absolute Gasteiger partial charge is 0.504 e. The molecule has 0 atom stereocenters. The first-order valence-corrected chi connectivity index (χ1v) is 5.78. The van der Waals surface area contributed by atoms with Gasteiger partial charge in [-0.15, -0.1) is 0 Å². The predicted molar refractivity (Wildman–Crippen MR) is 73.5 cm³/mol. The van der Waals surface area contributed by atoms with Crippen LogP contribution in [0.25, 0.3) is 5.57 Å². The second-order valence-corrected chi connectivity index (χ2v) is 3.86. The monoisotopic (exact) mass is 240 g/mol. The maximum absolute atomic E-state index is 5.18. The number of benzene rings is 2. The van der Waals surface area contributed by atoms with E-state index in [0.717, 1.165) is 22.4 Å². The molecule has 0 N–H and O–H groups in total. The Morgan fingerprint density at radius 1 is 0.833 bits per heavy atom. The van der Waals surface area contributed by atoms with E-state index < -0.39 is 0 Å². The van der Waals surface area contributed by atoms with Crippen LogP contribution < -0.4 is 4.74 Å². The van der Waals surface area contributed by atoms with Crippen LogP contribution in [0.3, 0.4) is 0 Å². The lowest BCUT2D eigenvalue weighted by Crippen LogP contribution is -1.90. The van der Waals surface area contributed by atoms with Crippen LogP contribution in [0.2, 0.25) is 0 Å². The molecule has 0 amide bonds. The molecule has 0 saturated carbocycles. The molecule has 0 fully saturated rings. The number of hydrogen-bond donors (Lipinski definition) is 0. The van der Waals surface area contributed by atoms with Crippen LogP contribution in [-0.2, 0) is 4.74 Å². The van der Waals surface area contributed by atoms with Crippen molar-refractivity contribution in [2.45, 2.75) is 0 Å². The minimum Gasteiger partial charge on any atom is -0.504 e. The third-order valence-electron chi connectivity index (χ3n) is 2.72. The molecule has 2 heteroatoms. The average Bonchev–Trinajstić information content (AvgIpc) is 2.46. The molecule has 0 saturated heterocycles. The van der Waals surface area contributed by atoms with Gasteiger partial charge in [0, 0.05) is 5.57 Å². The van der Waals surface area contributed by atoms with E-state index in [1.165, 1.54) is 0 Å². The molecule has 18 heavy (non-hydrogen) atoms. The highest BCUT2D eigenvalue weighted by atomic mass is 16.5. The van der Waals surface area contributed by atoms with Crippen LogP contribution in [0.15, 0.2) is 60.9 Å². The van der Waals surface area contributed by atoms with E-state index in [0.29, 0.717) is 0 Å². The molecular formula is C16H16O2. The molecule has 0 unspecified atom stereocenters. The van der Waals surface area contributed by atoms with Crippen molar-refractivity contribution in [3.8, 4) is 5.75 Å². The van der Waals surface area contributed by atoms with E-state index in [9.17, 15) is 0 Å². The standard InChI is InChI=1S/C16H16O2/c1-17-12-16(13-6-4-3-5-7-13)14-8-10-15(18-2)11-9-14/h3-12H,1-2H3/b16-12-. The van der Waals surface area contributed by atoms with E-state index in [1.807, 2.05) is 42.5 Å². The second kappa shape index (κ2) is 5.92. The Morgan fingerprint density at radius 3 is 2.00 bits per heavy atom. The van der Waals surface area contributed by atoms with Gasteiger partial charge in [-0.3, -0.25) is 0 Å². The van der Waals surface area contributed by atoms with Crippen LogP contribution in [0, 0.1) is 0 Å². The zero-order valence-electron chi connectivity index (χ0n) is 10.6. The first-order chi connectivity index (χ1) is 8.85. The lowest BCUT2D eigenvalue weighted by Gasteiger charge is -2.08. The molecule has 2 nitrogen and oxygen atoms in total. The zero-order valence-corrected chi connectivity index (χ0v) is 10.6. The van der Waals surface area contributed by atoms with E-state index in [1.54, 1.807) is 20.5 Å². The Labute approximate surface area is 107 Å². The summed E-state index contributed by atoms with van der Waals surface area (Å²) < 4.78 is 10.3. The Bertz CT molecular complexity index is 513. The van der Waals surface area contributed by atoms with Gasteiger partial charge in [-0.05, 0) is 23.3 Å². The summed E-state index contributed by atoms with van der Waals surface area (Å²) >= 11 is 0. The maximum atomic E-state index is 5.18. The summed E-state index contributed by atoms with van der Waals surface area (Å²) in [5.74, 6) is 0.851. The molecule has 0 aliphatic heterocycles. The van der Waals surface area contributed by atoms with Gasteiger partial charge in [0.15, 0.2) is 0 Å². The molecule has 0 aromatic heterocycles. The van der Waals surface area contributed by atoms with Gasteiger partial charge in [0.25, 0.3) is 0 Å². The summed E-state index contributed by atoms with van der Waals surface area (Å²) in [6.45, 7) is 0. The molecule has 2 aromatic rings. The van der Waals surface area contributed by atoms with E-state index in [-0.39, 0.29) is 0 Å². The zero-order chi connectivity index (χ0) is 12.8. The molecule has 0 aliphatic rings. The summed E-state index contributed by atoms with van der Waals surface area (Å²) in [5, 5.41) is 0. The quantitative estimate of drug-likeness (QED) is 0.758. The number of hydrogen-bond acceptors (Lipinski definition) is 2. The van der Waals surface area contributed by atoms with Gasteiger partial charge in [0.05, 0.1) is 20.5 Å². The van der Waals surface area contributed by atoms with Crippen molar-refractivity contribution >= 4 is 5.57 Å². The average molecular weight is 240 g/mol. The van der Waals surface area contributed by atoms with Gasteiger partial charge in [-0.25, -0.2) is 0 Å². The summed E-state index contributed by atoms with van der Waals surface area (Å²) in [4.78, 5) is 0. The molecule has 0 spiro atoms. The number of methoxy groups -OCH3 is 2. The highest BCUT2D eigenvalue weighted by molar-refractivity contribution is 5.79. The van der Waals surface area contributed by atoms with E-state index >= 15 is 0 Å². The van der Waals surface area contributed by atoms with Crippen LogP contribution in [0.4, 0.5) is 0 Å². The van der Waals surface area contributed by atoms with Crippen molar-refractivity contribution in [1.29, 1.82) is 0 Å². The Morgan fingerprint density at radius 2 is 1.44 bits per heavy atom. The summed E-state index contributed by atoms with van der Waals surface area (Å²) in [6, 6.07) is 18.1. The highest BCUT2D eigenvalue weighted by Crippen LogP contribution is 2.25. The Kier molecular flexibility index (Phi) is 4.02. The minimum absolute atomic E-state index is 0.851. The fourth-order valence-corrected chi connectivity index (χ4v) is 1.81. The SMILES string of the molecule is CO/C=C(/c1ccccc1)c1ccc(OC)cc1. The summed E-state index contributed by atoms with van der Waals surface area (Å²) in [7, 11) is 3.32. The van der Waals surface area contributed by atoms with Crippen molar-refractivity contribution < 1.29 is 9.47 Å². The van der Waals surface area contributed by atoms with Crippen LogP contribution in [0.1, 0.15) is 11.1 Å². The topological polar surface area (TPSA) is 18.5 Å². The molecule has 0 radical (unpaired) electrons. The van der Waals surface area contributed by atoms with Crippen molar-refractivity contribution in [1.82, 2.24) is 0 Å². The van der Waals surface area contributed by atoms with E-state index in [2.05, 4.69) is 12.1 Å². The number of rotatable bonds is 4. The van der Waals surface area contributed by atoms with Crippen LogP contribution in [-0.4, -0.2) is 14.2 Å². The van der Waals surface area contributed by atoms with E-state index in [4.69, 9.17) is 9.47 Å². The smallest absolute Gasteiger partial charge is 0.118 e. The number of ether oxygens (including phenoxy) is 2. The second-order valence-electron chi connectivity index (χ2n) is 3.86. The van der Waals surface area contributed by atoms with Crippen LogP contribution in [0.5, 0.6) is 5.75 Å². The Balaban J connectivity index is 2.39. The Hall–Kier alpha value is -2.22. The molecule has 2 aromatic carbocycles. The van der Waals surface area contributed by atoms with Gasteiger partial charge >= 0.3 is 0 Å². The lowest BCUT2D eigenvalue weighted by molar-refractivity contribution is 0.340. The molecular weight excluding hydrogens is 224 g/mol. The third kappa shape index (κ3) is 2.72. The molecule has 2 rings (SSSR count). The molecule has 92 valence electrons. The molecule has 0 heterocycles. The highest BCUT2D eigenvalue weighted by Gasteiger charge is 2.05. The maximum Gasteiger partial charge on any atom is 0.118 e. The fourth-order valence-electron chi connectivity index (χ4n) is 1.81. The van der Waals surface area contributed by atoms with Gasteiger partial charge in [0.1, 0.15) is 5.75 Å². The first-order valence-electron chi connectivity index (χ1n) is 5.78. The lowest BCUT2D eigenvalue weighted by atomic mass is 9.99. The van der Waals surface area contributed by atoms with Crippen LogP contribution >= 0.6 is 0 Å². The first kappa shape index (κ1) is 12.2. The van der Waals surface area contributed by atoms with Crippen molar-refractivity contribution in [2.75, 3.05) is 14.2 Å². The molecule has 0 aliphatic carbocycles. The predicted octanol–water partition coefficient (Wildman–Crippen LogP) is 3.73. The normalized spacial score (nSPS) is 11.1. The van der Waals surface area contributed by atoms with Gasteiger partial charge < -0.3 is 9.47 Å². The third-order valence-corrected chi connectivity index (χ3v) is 2.72. The summed E-state index contributed by atoms with van der Waals surface area (Å²) in [6.07, 6.45) is 1.76. The van der Waals surface area contributed by atoms with Crippen molar-refractivity contribution in [3.05, 3.63) is 72.0 Å². The summed E-state index contributed by atoms with van der Waals surface area (Å²) in [5.41, 5.74) is 3.29. The van der Waals surface area contributed by atoms with Gasteiger partial charge in [-0.2, -0.15) is 0 Å². The minimum atomic E-state index is 0.851. The molecule has 0 bridgehead atoms. The van der Waals surface area contributed by atoms with Gasteiger partial charge in [-0.1, -0.05) is 42.5 Å². The fraction of sp³-hybridized carbons (Fsp3) is 0.125. The van der Waals surface area contributed by atoms with Gasteiger partial charge in [0.2, 0.25) is 0 Å².